The maximum absolute atomic E-state index is 12.8. The van der Waals surface area contributed by atoms with E-state index in [1.54, 1.807) is 19.2 Å². The van der Waals surface area contributed by atoms with Gasteiger partial charge in [0, 0.05) is 0 Å². The molecule has 1 N–H and O–H groups in total. The van der Waals surface area contributed by atoms with Gasteiger partial charge >= 0.3 is 6.18 Å². The highest BCUT2D eigenvalue weighted by Gasteiger charge is 2.34. The molecule has 2 rings (SSSR count). The van der Waals surface area contributed by atoms with Crippen molar-refractivity contribution in [2.75, 3.05) is 7.05 Å². The second-order valence-corrected chi connectivity index (χ2v) is 4.18. The molecule has 1 heterocycles. The van der Waals surface area contributed by atoms with Gasteiger partial charge in [0.1, 0.15) is 23.9 Å². The predicted molar refractivity (Wildman–Crippen MR) is 67.2 cm³/mol. The van der Waals surface area contributed by atoms with Crippen LogP contribution in [0.1, 0.15) is 17.1 Å². The van der Waals surface area contributed by atoms with E-state index >= 15 is 0 Å². The van der Waals surface area contributed by atoms with Gasteiger partial charge in [-0.3, -0.25) is 0 Å². The highest BCUT2D eigenvalue weighted by molar-refractivity contribution is 5.35. The maximum atomic E-state index is 12.8. The van der Waals surface area contributed by atoms with Crippen LogP contribution in [0.2, 0.25) is 0 Å². The molecule has 0 atom stereocenters. The van der Waals surface area contributed by atoms with Crippen LogP contribution >= 0.6 is 0 Å². The average Bonchev–Trinajstić information content (AvgIpc) is 2.84. The van der Waals surface area contributed by atoms with Gasteiger partial charge in [0.25, 0.3) is 0 Å². The molecule has 0 fully saturated rings. The summed E-state index contributed by atoms with van der Waals surface area (Å²) >= 11 is 0. The number of para-hydroxylation sites is 1. The van der Waals surface area contributed by atoms with Crippen LogP contribution in [0, 0.1) is 0 Å². The first kappa shape index (κ1) is 14.5. The van der Waals surface area contributed by atoms with Gasteiger partial charge < -0.3 is 14.5 Å². The van der Waals surface area contributed by atoms with Gasteiger partial charge in [-0.25, -0.2) is 0 Å². The standard InChI is InChI=1S/C14H14F3NO2/c1-18-8-10-6-7-11(20-10)9-19-13-5-3-2-4-12(13)14(15,16)17/h2-7,18H,8-9H2,1H3. The summed E-state index contributed by atoms with van der Waals surface area (Å²) in [5.74, 6) is 0.981. The Morgan fingerprint density at radius 3 is 2.50 bits per heavy atom. The Labute approximate surface area is 114 Å². The second kappa shape index (κ2) is 6.00. The SMILES string of the molecule is CNCc1ccc(COc2ccccc2C(F)(F)F)o1. The minimum atomic E-state index is -4.43. The lowest BCUT2D eigenvalue weighted by Gasteiger charge is -2.12. The first-order valence-electron chi connectivity index (χ1n) is 6.02. The number of alkyl halides is 3. The van der Waals surface area contributed by atoms with Gasteiger partial charge in [0.2, 0.25) is 0 Å². The summed E-state index contributed by atoms with van der Waals surface area (Å²) < 4.78 is 48.9. The molecule has 0 aliphatic carbocycles. The molecule has 1 aromatic heterocycles. The highest BCUT2D eigenvalue weighted by atomic mass is 19.4. The minimum absolute atomic E-state index is 0.0448. The molecule has 0 saturated heterocycles. The molecule has 0 aliphatic rings. The van der Waals surface area contributed by atoms with E-state index in [-0.39, 0.29) is 12.4 Å². The van der Waals surface area contributed by atoms with Gasteiger partial charge in [-0.2, -0.15) is 13.2 Å². The molecule has 0 bridgehead atoms. The third-order valence-electron chi connectivity index (χ3n) is 2.63. The Hall–Kier alpha value is -1.95. The molecule has 108 valence electrons. The van der Waals surface area contributed by atoms with Crippen molar-refractivity contribution in [1.82, 2.24) is 5.32 Å². The van der Waals surface area contributed by atoms with E-state index in [4.69, 9.17) is 9.15 Å². The summed E-state index contributed by atoms with van der Waals surface area (Å²) in [4.78, 5) is 0. The number of hydrogen-bond acceptors (Lipinski definition) is 3. The predicted octanol–water partition coefficient (Wildman–Crippen LogP) is 3.60. The number of furan rings is 1. The molecule has 0 aliphatic heterocycles. The van der Waals surface area contributed by atoms with E-state index in [1.165, 1.54) is 18.2 Å². The molecule has 0 radical (unpaired) electrons. The van der Waals surface area contributed by atoms with Crippen molar-refractivity contribution in [3.8, 4) is 5.75 Å². The van der Waals surface area contributed by atoms with Crippen LogP contribution < -0.4 is 10.1 Å². The van der Waals surface area contributed by atoms with Crippen LogP contribution in [0.15, 0.2) is 40.8 Å². The third kappa shape index (κ3) is 3.54. The van der Waals surface area contributed by atoms with Gasteiger partial charge in [0.05, 0.1) is 12.1 Å². The lowest BCUT2D eigenvalue weighted by atomic mass is 10.2. The van der Waals surface area contributed by atoms with Gasteiger partial charge in [-0.05, 0) is 31.3 Å². The largest absolute Gasteiger partial charge is 0.485 e. The first-order valence-corrected chi connectivity index (χ1v) is 6.02. The van der Waals surface area contributed by atoms with E-state index in [0.29, 0.717) is 18.1 Å². The van der Waals surface area contributed by atoms with Crippen molar-refractivity contribution in [2.24, 2.45) is 0 Å². The van der Waals surface area contributed by atoms with Crippen LogP contribution in [0.3, 0.4) is 0 Å². The summed E-state index contributed by atoms with van der Waals surface area (Å²) in [6.45, 7) is 0.510. The Bertz CT molecular complexity index is 564. The smallest absolute Gasteiger partial charge is 0.419 e. The molecule has 6 heteroatoms. The molecule has 0 unspecified atom stereocenters. The number of benzene rings is 1. The number of nitrogens with one attached hydrogen (secondary N) is 1. The summed E-state index contributed by atoms with van der Waals surface area (Å²) in [5, 5.41) is 2.92. The van der Waals surface area contributed by atoms with Crippen LogP contribution in [0.4, 0.5) is 13.2 Å². The number of hydrogen-bond donors (Lipinski definition) is 1. The van der Waals surface area contributed by atoms with Gasteiger partial charge in [0.15, 0.2) is 0 Å². The number of halogens is 3. The summed E-state index contributed by atoms with van der Waals surface area (Å²) in [6.07, 6.45) is -4.43. The lowest BCUT2D eigenvalue weighted by molar-refractivity contribution is -0.139. The van der Waals surface area contributed by atoms with Crippen molar-refractivity contribution < 1.29 is 22.3 Å². The highest BCUT2D eigenvalue weighted by Crippen LogP contribution is 2.36. The Balaban J connectivity index is 2.07. The monoisotopic (exact) mass is 285 g/mol. The molecular weight excluding hydrogens is 271 g/mol. The van der Waals surface area contributed by atoms with Gasteiger partial charge in [-0.1, -0.05) is 12.1 Å². The van der Waals surface area contributed by atoms with Crippen molar-refractivity contribution >= 4 is 0 Å². The molecule has 20 heavy (non-hydrogen) atoms. The van der Waals surface area contributed by atoms with Crippen molar-refractivity contribution in [3.63, 3.8) is 0 Å². The molecule has 0 amide bonds. The van der Waals surface area contributed by atoms with E-state index in [2.05, 4.69) is 5.32 Å². The Morgan fingerprint density at radius 1 is 1.10 bits per heavy atom. The zero-order chi connectivity index (χ0) is 14.6. The average molecular weight is 285 g/mol. The number of rotatable bonds is 5. The third-order valence-corrected chi connectivity index (χ3v) is 2.63. The Morgan fingerprint density at radius 2 is 1.80 bits per heavy atom. The topological polar surface area (TPSA) is 34.4 Å². The summed E-state index contributed by atoms with van der Waals surface area (Å²) in [5.41, 5.74) is -0.790. The molecule has 2 aromatic rings. The van der Waals surface area contributed by atoms with E-state index in [0.717, 1.165) is 6.07 Å². The maximum Gasteiger partial charge on any atom is 0.419 e. The molecule has 1 aromatic carbocycles. The normalized spacial score (nSPS) is 11.6. The Kier molecular flexibility index (Phi) is 4.34. The second-order valence-electron chi connectivity index (χ2n) is 4.18. The fourth-order valence-electron chi connectivity index (χ4n) is 1.74. The number of ether oxygens (including phenoxy) is 1. The van der Waals surface area contributed by atoms with Crippen LogP contribution in [-0.4, -0.2) is 7.05 Å². The zero-order valence-corrected chi connectivity index (χ0v) is 10.8. The fraction of sp³-hybridized carbons (Fsp3) is 0.286. The molecule has 3 nitrogen and oxygen atoms in total. The van der Waals surface area contributed by atoms with Crippen molar-refractivity contribution in [1.29, 1.82) is 0 Å². The van der Waals surface area contributed by atoms with Crippen LogP contribution in [0.25, 0.3) is 0 Å². The summed E-state index contributed by atoms with van der Waals surface area (Å²) in [7, 11) is 1.78. The van der Waals surface area contributed by atoms with Crippen molar-refractivity contribution in [3.05, 3.63) is 53.5 Å². The van der Waals surface area contributed by atoms with Crippen molar-refractivity contribution in [2.45, 2.75) is 19.3 Å². The molecule has 0 saturated carbocycles. The van der Waals surface area contributed by atoms with Crippen LogP contribution in [0.5, 0.6) is 5.75 Å². The van der Waals surface area contributed by atoms with E-state index < -0.39 is 11.7 Å². The van der Waals surface area contributed by atoms with Crippen LogP contribution in [-0.2, 0) is 19.3 Å². The van der Waals surface area contributed by atoms with E-state index in [9.17, 15) is 13.2 Å². The zero-order valence-electron chi connectivity index (χ0n) is 10.8. The van der Waals surface area contributed by atoms with Gasteiger partial charge in [-0.15, -0.1) is 0 Å². The lowest BCUT2D eigenvalue weighted by Crippen LogP contribution is -2.08. The molecular formula is C14H14F3NO2. The van der Waals surface area contributed by atoms with E-state index in [1.807, 2.05) is 0 Å². The fourth-order valence-corrected chi connectivity index (χ4v) is 1.74. The molecule has 0 spiro atoms. The first-order chi connectivity index (χ1) is 9.50. The minimum Gasteiger partial charge on any atom is -0.485 e. The summed E-state index contributed by atoms with van der Waals surface area (Å²) in [6, 6.07) is 8.55. The quantitative estimate of drug-likeness (QED) is 0.911.